The number of anilines is 1. The summed E-state index contributed by atoms with van der Waals surface area (Å²) in [4.78, 5) is 36.3. The third kappa shape index (κ3) is 5.46. The Morgan fingerprint density at radius 2 is 1.76 bits per heavy atom. The summed E-state index contributed by atoms with van der Waals surface area (Å²) in [6.07, 6.45) is -4.83. The van der Waals surface area contributed by atoms with Gasteiger partial charge in [-0.1, -0.05) is 17.4 Å². The van der Waals surface area contributed by atoms with Gasteiger partial charge in [0.05, 0.1) is 18.0 Å². The van der Waals surface area contributed by atoms with Crippen molar-refractivity contribution in [1.29, 1.82) is 5.41 Å². The summed E-state index contributed by atoms with van der Waals surface area (Å²) < 4.78 is 47.0. The number of nitrogens with two attached hydrogens (primary N) is 1. The fourth-order valence-corrected chi connectivity index (χ4v) is 3.97. The van der Waals surface area contributed by atoms with E-state index in [4.69, 9.17) is 15.9 Å². The third-order valence-electron chi connectivity index (χ3n) is 5.00. The van der Waals surface area contributed by atoms with Crippen LogP contribution in [-0.4, -0.2) is 44.0 Å². The zero-order valence-electron chi connectivity index (χ0n) is 19.4. The molecule has 0 saturated heterocycles. The minimum absolute atomic E-state index is 0.0108. The molecule has 0 fully saturated rings. The number of amides is 2. The standard InChI is InChI=1S/C23H18F3N7O4S/c1-2-37-21(36)20-31-33(22(28)38-20)14-8-6-13(7-9-14)29-19(35)16-11-17(23(24,25)26)30-32(16)15-5-3-4-12(10-15)18(27)34/h3-11,28H,2H2,1H3,(H2,27,34)(H,29,35). The molecule has 15 heteroatoms. The maximum absolute atomic E-state index is 13.4. The van der Waals surface area contributed by atoms with Crippen molar-refractivity contribution in [1.82, 2.24) is 19.6 Å². The van der Waals surface area contributed by atoms with E-state index >= 15 is 0 Å². The van der Waals surface area contributed by atoms with Gasteiger partial charge in [-0.05, 0) is 49.4 Å². The predicted octanol–water partition coefficient (Wildman–Crippen LogP) is 3.15. The molecule has 2 amide bonds. The monoisotopic (exact) mass is 545 g/mol. The van der Waals surface area contributed by atoms with E-state index in [2.05, 4.69) is 15.5 Å². The van der Waals surface area contributed by atoms with Crippen LogP contribution < -0.4 is 15.9 Å². The summed E-state index contributed by atoms with van der Waals surface area (Å²) in [6, 6.07) is 11.8. The van der Waals surface area contributed by atoms with Crippen molar-refractivity contribution in [2.75, 3.05) is 11.9 Å². The van der Waals surface area contributed by atoms with Gasteiger partial charge in [0.1, 0.15) is 5.69 Å². The summed E-state index contributed by atoms with van der Waals surface area (Å²) in [5, 5.41) is 18.1. The van der Waals surface area contributed by atoms with Crippen LogP contribution in [0.25, 0.3) is 11.4 Å². The first-order valence-corrected chi connectivity index (χ1v) is 11.6. The Kier molecular flexibility index (Phi) is 7.12. The number of halogens is 3. The normalized spacial score (nSPS) is 11.3. The number of nitrogens with zero attached hydrogens (tertiary/aromatic N) is 4. The average Bonchev–Trinajstić information content (AvgIpc) is 3.49. The van der Waals surface area contributed by atoms with Crippen LogP contribution in [0.1, 0.15) is 43.3 Å². The molecule has 0 unspecified atom stereocenters. The fraction of sp³-hybridized carbons (Fsp3) is 0.130. The lowest BCUT2D eigenvalue weighted by Gasteiger charge is -2.10. The Morgan fingerprint density at radius 3 is 2.39 bits per heavy atom. The van der Waals surface area contributed by atoms with Gasteiger partial charge in [0.15, 0.2) is 5.69 Å². The second kappa shape index (κ2) is 10.3. The first-order chi connectivity index (χ1) is 18.0. The number of primary amides is 1. The Hall–Kier alpha value is -4.79. The van der Waals surface area contributed by atoms with Gasteiger partial charge in [-0.25, -0.2) is 14.2 Å². The quantitative estimate of drug-likeness (QED) is 0.303. The van der Waals surface area contributed by atoms with Crippen LogP contribution >= 0.6 is 11.3 Å². The number of benzene rings is 2. The summed E-state index contributed by atoms with van der Waals surface area (Å²) in [6.45, 7) is 1.79. The first-order valence-electron chi connectivity index (χ1n) is 10.8. The Morgan fingerprint density at radius 1 is 1.05 bits per heavy atom. The number of rotatable bonds is 7. The maximum Gasteiger partial charge on any atom is 0.435 e. The highest BCUT2D eigenvalue weighted by atomic mass is 32.1. The lowest BCUT2D eigenvalue weighted by Crippen LogP contribution is -2.18. The number of carbonyl (C=O) groups is 3. The van der Waals surface area contributed by atoms with Crippen molar-refractivity contribution >= 4 is 34.8 Å². The summed E-state index contributed by atoms with van der Waals surface area (Å²) >= 11 is 0.820. The second-order valence-corrected chi connectivity index (χ2v) is 8.56. The van der Waals surface area contributed by atoms with E-state index in [9.17, 15) is 27.6 Å². The number of ether oxygens (including phenoxy) is 1. The molecule has 38 heavy (non-hydrogen) atoms. The molecule has 0 saturated carbocycles. The van der Waals surface area contributed by atoms with Crippen LogP contribution in [0.15, 0.2) is 54.6 Å². The van der Waals surface area contributed by atoms with Gasteiger partial charge in [0.25, 0.3) is 5.91 Å². The van der Waals surface area contributed by atoms with Crippen LogP contribution in [0.5, 0.6) is 0 Å². The molecule has 11 nitrogen and oxygen atoms in total. The van der Waals surface area contributed by atoms with Crippen molar-refractivity contribution in [3.05, 3.63) is 81.4 Å². The summed E-state index contributed by atoms with van der Waals surface area (Å²) in [5.41, 5.74) is 4.18. The van der Waals surface area contributed by atoms with E-state index in [1.165, 1.54) is 53.2 Å². The van der Waals surface area contributed by atoms with Crippen molar-refractivity contribution < 1.29 is 32.3 Å². The molecule has 0 aliphatic rings. The zero-order chi connectivity index (χ0) is 27.6. The van der Waals surface area contributed by atoms with Gasteiger partial charge in [-0.2, -0.15) is 18.3 Å². The number of carbonyl (C=O) groups excluding carboxylic acids is 3. The molecule has 4 aromatic rings. The molecule has 0 spiro atoms. The van der Waals surface area contributed by atoms with Crippen molar-refractivity contribution in [2.45, 2.75) is 13.1 Å². The van der Waals surface area contributed by atoms with Crippen molar-refractivity contribution in [2.24, 2.45) is 5.73 Å². The minimum Gasteiger partial charge on any atom is -0.461 e. The summed E-state index contributed by atoms with van der Waals surface area (Å²) in [7, 11) is 0. The highest BCUT2D eigenvalue weighted by Gasteiger charge is 2.36. The molecular weight excluding hydrogens is 527 g/mol. The lowest BCUT2D eigenvalue weighted by atomic mass is 10.2. The largest absolute Gasteiger partial charge is 0.461 e. The van der Waals surface area contributed by atoms with E-state index in [0.717, 1.165) is 16.0 Å². The number of hydrogen-bond donors (Lipinski definition) is 3. The molecule has 0 radical (unpaired) electrons. The molecule has 2 aromatic heterocycles. The fourth-order valence-electron chi connectivity index (χ4n) is 3.29. The van der Waals surface area contributed by atoms with Gasteiger partial charge in [0.2, 0.25) is 15.7 Å². The molecule has 0 atom stereocenters. The zero-order valence-corrected chi connectivity index (χ0v) is 20.3. The average molecular weight is 546 g/mol. The van der Waals surface area contributed by atoms with Gasteiger partial charge >= 0.3 is 12.1 Å². The highest BCUT2D eigenvalue weighted by molar-refractivity contribution is 7.10. The predicted molar refractivity (Wildman–Crippen MR) is 128 cm³/mol. The van der Waals surface area contributed by atoms with Crippen LogP contribution in [0.3, 0.4) is 0 Å². The molecule has 2 heterocycles. The van der Waals surface area contributed by atoms with E-state index < -0.39 is 35.3 Å². The van der Waals surface area contributed by atoms with Gasteiger partial charge in [-0.15, -0.1) is 5.10 Å². The highest BCUT2D eigenvalue weighted by Crippen LogP contribution is 2.30. The number of aromatic nitrogens is 4. The molecule has 0 aliphatic heterocycles. The van der Waals surface area contributed by atoms with Gasteiger partial charge in [-0.3, -0.25) is 15.0 Å². The topological polar surface area (TPSA) is 158 Å². The SMILES string of the molecule is CCOC(=O)c1nn(-c2ccc(NC(=O)c3cc(C(F)(F)F)nn3-c3cccc(C(N)=O)c3)cc2)c(=N)s1. The molecule has 0 bridgehead atoms. The molecule has 4 rings (SSSR count). The second-order valence-electron chi connectivity index (χ2n) is 7.58. The molecule has 4 N–H and O–H groups in total. The Labute approximate surface area is 215 Å². The minimum atomic E-state index is -4.83. The van der Waals surface area contributed by atoms with Crippen molar-refractivity contribution in [3.63, 3.8) is 0 Å². The van der Waals surface area contributed by atoms with Crippen molar-refractivity contribution in [3.8, 4) is 11.4 Å². The number of alkyl halides is 3. The number of esters is 1. The maximum atomic E-state index is 13.4. The van der Waals surface area contributed by atoms with Gasteiger partial charge in [0, 0.05) is 17.3 Å². The summed E-state index contributed by atoms with van der Waals surface area (Å²) in [5.74, 6) is -2.37. The van der Waals surface area contributed by atoms with Gasteiger partial charge < -0.3 is 15.8 Å². The first kappa shape index (κ1) is 26.3. The third-order valence-corrected chi connectivity index (χ3v) is 5.81. The molecule has 2 aromatic carbocycles. The lowest BCUT2D eigenvalue weighted by molar-refractivity contribution is -0.141. The molecule has 0 aliphatic carbocycles. The van der Waals surface area contributed by atoms with E-state index in [1.807, 2.05) is 0 Å². The van der Waals surface area contributed by atoms with Crippen LogP contribution in [0, 0.1) is 5.41 Å². The Balaban J connectivity index is 1.62. The Bertz CT molecular complexity index is 1590. The van der Waals surface area contributed by atoms with E-state index in [1.54, 1.807) is 6.92 Å². The number of hydrogen-bond acceptors (Lipinski definition) is 8. The van der Waals surface area contributed by atoms with Crippen LogP contribution in [-0.2, 0) is 10.9 Å². The smallest absolute Gasteiger partial charge is 0.435 e. The van der Waals surface area contributed by atoms with Crippen LogP contribution in [0.2, 0.25) is 0 Å². The number of nitrogens with one attached hydrogen (secondary N) is 2. The molecule has 196 valence electrons. The van der Waals surface area contributed by atoms with Crippen LogP contribution in [0.4, 0.5) is 18.9 Å². The van der Waals surface area contributed by atoms with E-state index in [0.29, 0.717) is 11.8 Å². The van der Waals surface area contributed by atoms with E-state index in [-0.39, 0.29) is 33.4 Å². The molecular formula is C23H18F3N7O4S.